The fourth-order valence-electron chi connectivity index (χ4n) is 6.03. The Balaban J connectivity index is 0.000000136. The molecule has 0 spiro atoms. The Morgan fingerprint density at radius 2 is 1.15 bits per heavy atom. The van der Waals surface area contributed by atoms with Crippen LogP contribution in [0, 0.1) is 18.2 Å². The molecule has 9 rings (SSSR count). The van der Waals surface area contributed by atoms with Gasteiger partial charge in [0.25, 0.3) is 0 Å². The summed E-state index contributed by atoms with van der Waals surface area (Å²) in [6, 6.07) is 52.1. The molecule has 4 aromatic heterocycles. The molecule has 1 aliphatic heterocycles. The molecule has 4 aromatic carbocycles. The molecule has 0 saturated carbocycles. The van der Waals surface area contributed by atoms with Crippen LogP contribution in [0.5, 0.6) is 0 Å². The summed E-state index contributed by atoms with van der Waals surface area (Å²) in [6.45, 7) is 4.76. The summed E-state index contributed by atoms with van der Waals surface area (Å²) in [5.41, 5.74) is 6.16. The van der Waals surface area contributed by atoms with Crippen LogP contribution in [0.15, 0.2) is 152 Å². The van der Waals surface area contributed by atoms with Gasteiger partial charge in [-0.25, -0.2) is 0 Å². The first kappa shape index (κ1) is 32.8. The van der Waals surface area contributed by atoms with E-state index in [-0.39, 0.29) is 20.1 Å². The zero-order chi connectivity index (χ0) is 32.1. The van der Waals surface area contributed by atoms with Gasteiger partial charge in [-0.3, -0.25) is 0 Å². The summed E-state index contributed by atoms with van der Waals surface area (Å²) in [5.74, 6) is 0. The third-order valence-corrected chi connectivity index (χ3v) is 11.6. The minimum absolute atomic E-state index is 0. The molecule has 0 aliphatic carbocycles. The molecule has 1 aliphatic rings. The zero-order valence-corrected chi connectivity index (χ0v) is 30.0. The molecular formula is C42H31IrN4Si. The Hall–Kier alpha value is -5.13. The molecule has 0 bridgehead atoms. The van der Waals surface area contributed by atoms with Crippen molar-refractivity contribution in [3.05, 3.63) is 170 Å². The molecule has 232 valence electrons. The van der Waals surface area contributed by atoms with Crippen molar-refractivity contribution >= 4 is 40.1 Å². The van der Waals surface area contributed by atoms with Crippen LogP contribution >= 0.6 is 0 Å². The van der Waals surface area contributed by atoms with Gasteiger partial charge < -0.3 is 19.9 Å². The Morgan fingerprint density at radius 3 is 1.75 bits per heavy atom. The predicted octanol–water partition coefficient (Wildman–Crippen LogP) is 8.48. The normalized spacial score (nSPS) is 12.0. The molecule has 5 heterocycles. The van der Waals surface area contributed by atoms with Gasteiger partial charge in [-0.05, 0) is 62.1 Å². The number of aromatic nitrogens is 4. The first-order valence-electron chi connectivity index (χ1n) is 15.6. The molecule has 48 heavy (non-hydrogen) atoms. The molecule has 0 saturated heterocycles. The smallest absolute Gasteiger partial charge is 0.359 e. The number of nitrogens with zero attached hydrogens (tertiary/aromatic N) is 4. The molecule has 0 radical (unpaired) electrons. The van der Waals surface area contributed by atoms with E-state index in [1.165, 1.54) is 32.0 Å². The SMILES string of the molecule is C[Si]1(C)c2ncc[c-]c2-c2nccc3c2c1cc1ccccc13.[Ir+3].[c-]1ccccc1-c1ccccn1.[c-]1ccccc1-c1ccccn1. The summed E-state index contributed by atoms with van der Waals surface area (Å²) in [7, 11) is -1.86. The molecular weight excluding hydrogens is 781 g/mol. The zero-order valence-electron chi connectivity index (χ0n) is 26.6. The molecule has 0 N–H and O–H groups in total. The van der Waals surface area contributed by atoms with Gasteiger partial charge in [0.2, 0.25) is 0 Å². The van der Waals surface area contributed by atoms with Crippen molar-refractivity contribution < 1.29 is 20.1 Å². The minimum atomic E-state index is -1.86. The van der Waals surface area contributed by atoms with Crippen LogP contribution in [-0.2, 0) is 20.1 Å². The van der Waals surface area contributed by atoms with Gasteiger partial charge in [0.1, 0.15) is 0 Å². The standard InChI is InChI=1S/C20H15N2Si.2C11H8N.Ir/c1-23(2)17-12-13-6-3-4-7-14(13)15-9-11-21-19(18(15)17)16-8-5-10-22-20(16)23;2*1-2-6-10(7-3-1)11-8-4-5-9-12-11;/h3-7,9-12H,1-2H3;2*1-6,8-9H;/q3*-1;+3. The van der Waals surface area contributed by atoms with Crippen LogP contribution in [0.2, 0.25) is 13.1 Å². The molecule has 0 amide bonds. The second-order valence-corrected chi connectivity index (χ2v) is 15.9. The van der Waals surface area contributed by atoms with Crippen molar-refractivity contribution in [2.45, 2.75) is 13.1 Å². The Morgan fingerprint density at radius 1 is 0.521 bits per heavy atom. The quantitative estimate of drug-likeness (QED) is 0.1000. The second-order valence-electron chi connectivity index (χ2n) is 11.6. The van der Waals surface area contributed by atoms with Crippen molar-refractivity contribution in [2.24, 2.45) is 0 Å². The van der Waals surface area contributed by atoms with Gasteiger partial charge in [-0.2, -0.15) is 0 Å². The molecule has 6 heteroatoms. The second kappa shape index (κ2) is 14.7. The number of hydrogen-bond donors (Lipinski definition) is 0. The first-order chi connectivity index (χ1) is 23.1. The maximum Gasteiger partial charge on any atom is 3.00 e. The van der Waals surface area contributed by atoms with E-state index >= 15 is 0 Å². The van der Waals surface area contributed by atoms with Gasteiger partial charge in [-0.1, -0.05) is 79.1 Å². The maximum absolute atomic E-state index is 4.73. The van der Waals surface area contributed by atoms with Gasteiger partial charge >= 0.3 is 20.1 Å². The molecule has 0 atom stereocenters. The number of rotatable bonds is 2. The van der Waals surface area contributed by atoms with E-state index in [0.717, 1.165) is 33.8 Å². The van der Waals surface area contributed by atoms with E-state index in [2.05, 4.69) is 77.7 Å². The van der Waals surface area contributed by atoms with E-state index in [4.69, 9.17) is 9.97 Å². The van der Waals surface area contributed by atoms with Crippen LogP contribution in [0.1, 0.15) is 0 Å². The average Bonchev–Trinajstić information content (AvgIpc) is 3.16. The van der Waals surface area contributed by atoms with Crippen molar-refractivity contribution in [1.29, 1.82) is 0 Å². The van der Waals surface area contributed by atoms with Crippen LogP contribution in [0.3, 0.4) is 0 Å². The number of benzene rings is 4. The monoisotopic (exact) mass is 812 g/mol. The Bertz CT molecular complexity index is 2110. The predicted molar refractivity (Wildman–Crippen MR) is 195 cm³/mol. The number of pyridine rings is 4. The first-order valence-corrected chi connectivity index (χ1v) is 18.6. The minimum Gasteiger partial charge on any atom is -0.359 e. The van der Waals surface area contributed by atoms with Crippen LogP contribution in [0.4, 0.5) is 0 Å². The maximum atomic E-state index is 4.73. The van der Waals surface area contributed by atoms with E-state index in [1.807, 2.05) is 103 Å². The van der Waals surface area contributed by atoms with Gasteiger partial charge in [-0.15, -0.1) is 89.5 Å². The van der Waals surface area contributed by atoms with Crippen molar-refractivity contribution in [2.75, 3.05) is 0 Å². The van der Waals surface area contributed by atoms with Gasteiger partial charge in [0.15, 0.2) is 0 Å². The molecule has 8 aromatic rings. The van der Waals surface area contributed by atoms with E-state index in [9.17, 15) is 0 Å². The van der Waals surface area contributed by atoms with E-state index < -0.39 is 8.07 Å². The number of hydrogen-bond acceptors (Lipinski definition) is 4. The summed E-state index contributed by atoms with van der Waals surface area (Å²) in [5, 5.41) is 7.84. The van der Waals surface area contributed by atoms with E-state index in [1.54, 1.807) is 12.4 Å². The van der Waals surface area contributed by atoms with Gasteiger partial charge in [0, 0.05) is 18.6 Å². The van der Waals surface area contributed by atoms with Crippen LogP contribution < -0.4 is 10.5 Å². The summed E-state index contributed by atoms with van der Waals surface area (Å²) in [4.78, 5) is 17.9. The average molecular weight is 812 g/mol. The summed E-state index contributed by atoms with van der Waals surface area (Å²) >= 11 is 0. The van der Waals surface area contributed by atoms with Crippen molar-refractivity contribution in [3.63, 3.8) is 0 Å². The third-order valence-electron chi connectivity index (χ3n) is 8.32. The topological polar surface area (TPSA) is 51.6 Å². The molecule has 4 nitrogen and oxygen atoms in total. The van der Waals surface area contributed by atoms with Crippen molar-refractivity contribution in [3.8, 4) is 33.8 Å². The fraction of sp³-hybridized carbons (Fsp3) is 0.0476. The van der Waals surface area contributed by atoms with Crippen molar-refractivity contribution in [1.82, 2.24) is 19.9 Å². The Labute approximate surface area is 296 Å². The largest absolute Gasteiger partial charge is 3.00 e. The summed E-state index contributed by atoms with van der Waals surface area (Å²) in [6.07, 6.45) is 7.35. The molecule has 0 fully saturated rings. The summed E-state index contributed by atoms with van der Waals surface area (Å²) < 4.78 is 0. The van der Waals surface area contributed by atoms with Crippen LogP contribution in [0.25, 0.3) is 55.3 Å². The van der Waals surface area contributed by atoms with Gasteiger partial charge in [0.05, 0.1) is 8.07 Å². The fourth-order valence-corrected chi connectivity index (χ4v) is 8.90. The van der Waals surface area contributed by atoms with E-state index in [0.29, 0.717) is 0 Å². The molecule has 0 unspecified atom stereocenters. The third kappa shape index (κ3) is 6.64. The number of fused-ring (bicyclic) bond motifs is 4. The van der Waals surface area contributed by atoms with Crippen LogP contribution in [-0.4, -0.2) is 28.0 Å². The Kier molecular flexibility index (Phi) is 10.1.